The molecule has 0 radical (unpaired) electrons. The molecule has 1 unspecified atom stereocenters. The highest BCUT2D eigenvalue weighted by Crippen LogP contribution is 2.48. The van der Waals surface area contributed by atoms with Crippen LogP contribution in [0.5, 0.6) is 0 Å². The molecular weight excluding hydrogens is 366 g/mol. The first-order valence-corrected chi connectivity index (χ1v) is 9.50. The molecule has 5 rings (SSSR count). The Balaban J connectivity index is 1.74. The average molecular weight is 387 g/mol. The summed E-state index contributed by atoms with van der Waals surface area (Å²) in [5.41, 5.74) is 1.74. The number of hydrogen-bond acceptors (Lipinski definition) is 5. The summed E-state index contributed by atoms with van der Waals surface area (Å²) in [7, 11) is 1.54. The minimum Gasteiger partial charge on any atom is -0.343 e. The van der Waals surface area contributed by atoms with E-state index in [2.05, 4.69) is 0 Å². The highest BCUT2D eigenvalue weighted by molar-refractivity contribution is 6.10. The summed E-state index contributed by atoms with van der Waals surface area (Å²) in [5.74, 6) is -1.42. The normalized spacial score (nSPS) is 23.2. The SMILES string of the molecule is COC12N=C(c3ccccc3)C(C)(C)N1OC(=O)N2c1cccc2ccccc12. The minimum atomic E-state index is -1.42. The van der Waals surface area contributed by atoms with Crippen LogP contribution in [0.25, 0.3) is 10.8 Å². The monoisotopic (exact) mass is 387 g/mol. The van der Waals surface area contributed by atoms with E-state index in [1.54, 1.807) is 12.2 Å². The Morgan fingerprint density at radius 1 is 0.931 bits per heavy atom. The maximum absolute atomic E-state index is 13.0. The molecule has 6 nitrogen and oxygen atoms in total. The predicted octanol–water partition coefficient (Wildman–Crippen LogP) is 4.55. The first-order valence-electron chi connectivity index (χ1n) is 9.50. The fraction of sp³-hybridized carbons (Fsp3) is 0.217. The number of amides is 1. The lowest BCUT2D eigenvalue weighted by Gasteiger charge is -2.35. The van der Waals surface area contributed by atoms with Gasteiger partial charge in [0, 0.05) is 12.5 Å². The molecule has 1 atom stereocenters. The van der Waals surface area contributed by atoms with E-state index in [9.17, 15) is 4.79 Å². The highest BCUT2D eigenvalue weighted by Gasteiger charge is 2.66. The lowest BCUT2D eigenvalue weighted by molar-refractivity contribution is -0.243. The second-order valence-electron chi connectivity index (χ2n) is 7.65. The van der Waals surface area contributed by atoms with Gasteiger partial charge in [-0.05, 0) is 30.9 Å². The smallest absolute Gasteiger partial charge is 0.343 e. The molecule has 3 aromatic rings. The van der Waals surface area contributed by atoms with E-state index >= 15 is 0 Å². The van der Waals surface area contributed by atoms with Crippen molar-refractivity contribution >= 4 is 28.3 Å². The van der Waals surface area contributed by atoms with Crippen molar-refractivity contribution in [2.75, 3.05) is 12.0 Å². The number of fused-ring (bicyclic) bond motifs is 2. The summed E-state index contributed by atoms with van der Waals surface area (Å²) in [6, 6.07) is 23.6. The van der Waals surface area contributed by atoms with Gasteiger partial charge >= 0.3 is 12.1 Å². The number of hydroxylamine groups is 2. The topological polar surface area (TPSA) is 54.4 Å². The number of carbonyl (C=O) groups excluding carboxylic acids is 1. The Morgan fingerprint density at radius 3 is 2.38 bits per heavy atom. The third-order valence-electron chi connectivity index (χ3n) is 5.58. The zero-order valence-corrected chi connectivity index (χ0v) is 16.5. The number of carbonyl (C=O) groups is 1. The lowest BCUT2D eigenvalue weighted by Crippen LogP contribution is -2.57. The molecule has 1 saturated heterocycles. The molecule has 0 aliphatic carbocycles. The minimum absolute atomic E-state index is 0.521. The molecule has 2 aliphatic rings. The summed E-state index contributed by atoms with van der Waals surface area (Å²) in [4.78, 5) is 25.2. The standard InChI is InChI=1S/C23H21N3O3/c1-22(2)20(17-11-5-4-6-12-17)24-23(28-3)25(21(27)29-26(22)23)19-15-9-13-16-10-7-8-14-18(16)19/h4-15H,1-3H3. The van der Waals surface area contributed by atoms with E-state index in [0.29, 0.717) is 5.69 Å². The first kappa shape index (κ1) is 17.8. The summed E-state index contributed by atoms with van der Waals surface area (Å²) in [6.07, 6.45) is -0.521. The Hall–Kier alpha value is -3.22. The Labute approximate surface area is 168 Å². The fourth-order valence-electron chi connectivity index (χ4n) is 4.23. The van der Waals surface area contributed by atoms with Crippen molar-refractivity contribution in [1.82, 2.24) is 5.06 Å². The van der Waals surface area contributed by atoms with Gasteiger partial charge < -0.3 is 9.57 Å². The fourth-order valence-corrected chi connectivity index (χ4v) is 4.23. The molecule has 1 fully saturated rings. The Kier molecular flexibility index (Phi) is 3.78. The van der Waals surface area contributed by atoms with Crippen molar-refractivity contribution in [1.29, 1.82) is 0 Å². The predicted molar refractivity (Wildman–Crippen MR) is 112 cm³/mol. The van der Waals surface area contributed by atoms with Crippen LogP contribution >= 0.6 is 0 Å². The van der Waals surface area contributed by atoms with Gasteiger partial charge in [-0.1, -0.05) is 71.8 Å². The van der Waals surface area contributed by atoms with Crippen LogP contribution in [-0.2, 0) is 9.57 Å². The van der Waals surface area contributed by atoms with Crippen LogP contribution in [0.15, 0.2) is 77.8 Å². The highest BCUT2D eigenvalue weighted by atomic mass is 16.8. The molecule has 0 aromatic heterocycles. The summed E-state index contributed by atoms with van der Waals surface area (Å²) in [5, 5.41) is 3.49. The number of anilines is 1. The summed E-state index contributed by atoms with van der Waals surface area (Å²) in [6.45, 7) is 3.94. The van der Waals surface area contributed by atoms with Crippen LogP contribution in [-0.4, -0.2) is 35.5 Å². The van der Waals surface area contributed by atoms with Gasteiger partial charge in [-0.25, -0.2) is 14.7 Å². The second kappa shape index (κ2) is 6.14. The van der Waals surface area contributed by atoms with Gasteiger partial charge in [0.25, 0.3) is 0 Å². The van der Waals surface area contributed by atoms with Crippen molar-refractivity contribution < 1.29 is 14.4 Å². The summed E-state index contributed by atoms with van der Waals surface area (Å²) >= 11 is 0. The molecule has 3 aromatic carbocycles. The van der Waals surface area contributed by atoms with Gasteiger partial charge in [-0.2, -0.15) is 0 Å². The van der Waals surface area contributed by atoms with Crippen LogP contribution in [0, 0.1) is 0 Å². The number of nitrogens with zero attached hydrogens (tertiary/aromatic N) is 3. The van der Waals surface area contributed by atoms with Crippen LogP contribution < -0.4 is 4.90 Å². The van der Waals surface area contributed by atoms with Crippen molar-refractivity contribution in [2.24, 2.45) is 4.99 Å². The molecule has 6 heteroatoms. The van der Waals surface area contributed by atoms with Crippen LogP contribution in [0.4, 0.5) is 10.5 Å². The van der Waals surface area contributed by atoms with E-state index in [0.717, 1.165) is 22.0 Å². The Morgan fingerprint density at radius 2 is 1.62 bits per heavy atom. The Bertz CT molecular complexity index is 1140. The third kappa shape index (κ3) is 2.36. The van der Waals surface area contributed by atoms with Crippen LogP contribution in [0.1, 0.15) is 19.4 Å². The number of benzene rings is 3. The molecule has 2 heterocycles. The van der Waals surface area contributed by atoms with Gasteiger partial charge in [0.2, 0.25) is 0 Å². The third-order valence-corrected chi connectivity index (χ3v) is 5.58. The molecule has 2 aliphatic heterocycles. The number of hydrogen-bond donors (Lipinski definition) is 0. The largest absolute Gasteiger partial charge is 0.438 e. The van der Waals surface area contributed by atoms with Gasteiger partial charge in [0.15, 0.2) is 0 Å². The van der Waals surface area contributed by atoms with Crippen LogP contribution in [0.2, 0.25) is 0 Å². The molecule has 0 N–H and O–H groups in total. The first-order chi connectivity index (χ1) is 14.0. The number of rotatable bonds is 3. The van der Waals surface area contributed by atoms with Crippen molar-refractivity contribution in [3.05, 3.63) is 78.4 Å². The van der Waals surface area contributed by atoms with E-state index in [1.807, 2.05) is 86.6 Å². The number of aliphatic imine (C=N–C) groups is 1. The molecular formula is C23H21N3O3. The number of ether oxygens (including phenoxy) is 1. The maximum Gasteiger partial charge on any atom is 0.438 e. The summed E-state index contributed by atoms with van der Waals surface area (Å²) < 4.78 is 5.91. The zero-order valence-electron chi connectivity index (χ0n) is 16.5. The van der Waals surface area contributed by atoms with Gasteiger partial charge in [-0.3, -0.25) is 0 Å². The lowest BCUT2D eigenvalue weighted by atomic mass is 9.93. The second-order valence-corrected chi connectivity index (χ2v) is 7.65. The van der Waals surface area contributed by atoms with Crippen LogP contribution in [0.3, 0.4) is 0 Å². The molecule has 0 saturated carbocycles. The number of methoxy groups -OCH3 is 1. The molecule has 29 heavy (non-hydrogen) atoms. The molecule has 0 bridgehead atoms. The average Bonchev–Trinajstić information content (AvgIpc) is 3.16. The van der Waals surface area contributed by atoms with E-state index in [4.69, 9.17) is 14.6 Å². The van der Waals surface area contributed by atoms with E-state index in [-0.39, 0.29) is 0 Å². The molecule has 0 spiro atoms. The van der Waals surface area contributed by atoms with Gasteiger partial charge in [0.1, 0.15) is 5.54 Å². The van der Waals surface area contributed by atoms with Crippen molar-refractivity contribution in [3.63, 3.8) is 0 Å². The molecule has 1 amide bonds. The van der Waals surface area contributed by atoms with E-state index < -0.39 is 17.6 Å². The zero-order chi connectivity index (χ0) is 20.2. The van der Waals surface area contributed by atoms with E-state index in [1.165, 1.54) is 4.90 Å². The van der Waals surface area contributed by atoms with Gasteiger partial charge in [0.05, 0.1) is 11.4 Å². The maximum atomic E-state index is 13.0. The van der Waals surface area contributed by atoms with Crippen molar-refractivity contribution in [2.45, 2.75) is 25.4 Å². The van der Waals surface area contributed by atoms with Gasteiger partial charge in [-0.15, -0.1) is 0 Å². The van der Waals surface area contributed by atoms with Crippen molar-refractivity contribution in [3.8, 4) is 0 Å². The quantitative estimate of drug-likeness (QED) is 0.661. The molecule has 146 valence electrons.